The third-order valence-electron chi connectivity index (χ3n) is 3.72. The van der Waals surface area contributed by atoms with E-state index in [4.69, 9.17) is 5.73 Å². The molecule has 3 nitrogen and oxygen atoms in total. The average Bonchev–Trinajstić information content (AvgIpc) is 2.51. The van der Waals surface area contributed by atoms with Gasteiger partial charge in [-0.15, -0.1) is 0 Å². The van der Waals surface area contributed by atoms with E-state index in [2.05, 4.69) is 24.1 Å². The highest BCUT2D eigenvalue weighted by Gasteiger charge is 2.30. The van der Waals surface area contributed by atoms with Crippen LogP contribution in [0, 0.1) is 0 Å². The van der Waals surface area contributed by atoms with Crippen LogP contribution >= 0.6 is 0 Å². The molecule has 3 N–H and O–H groups in total. The number of nitrogens with one attached hydrogen (secondary N) is 1. The monoisotopic (exact) mass is 227 g/mol. The van der Waals surface area contributed by atoms with Gasteiger partial charge in [0.15, 0.2) is 0 Å². The molecule has 0 aromatic carbocycles. The minimum Gasteiger partial charge on any atom is -0.329 e. The zero-order valence-corrected chi connectivity index (χ0v) is 11.1. The van der Waals surface area contributed by atoms with Gasteiger partial charge in [-0.3, -0.25) is 0 Å². The molecule has 1 rings (SSSR count). The van der Waals surface area contributed by atoms with E-state index in [0.717, 1.165) is 13.1 Å². The van der Waals surface area contributed by atoms with Crippen LogP contribution in [0.3, 0.4) is 0 Å². The summed E-state index contributed by atoms with van der Waals surface area (Å²) in [5.74, 6) is 0. The second-order valence-corrected chi connectivity index (χ2v) is 5.11. The third kappa shape index (κ3) is 4.04. The lowest BCUT2D eigenvalue weighted by molar-refractivity contribution is 0.259. The topological polar surface area (TPSA) is 41.3 Å². The van der Waals surface area contributed by atoms with Crippen molar-refractivity contribution in [2.75, 3.05) is 32.7 Å². The first kappa shape index (κ1) is 13.9. The summed E-state index contributed by atoms with van der Waals surface area (Å²) < 4.78 is 0. The fourth-order valence-electron chi connectivity index (χ4n) is 2.63. The molecule has 0 amide bonds. The van der Waals surface area contributed by atoms with Gasteiger partial charge >= 0.3 is 0 Å². The summed E-state index contributed by atoms with van der Waals surface area (Å²) >= 11 is 0. The zero-order chi connectivity index (χ0) is 11.9. The van der Waals surface area contributed by atoms with Crippen molar-refractivity contribution < 1.29 is 0 Å². The normalized spacial score (nSPS) is 27.9. The van der Waals surface area contributed by atoms with E-state index >= 15 is 0 Å². The van der Waals surface area contributed by atoms with Gasteiger partial charge in [0.05, 0.1) is 0 Å². The Kier molecular flexibility index (Phi) is 6.32. The molecule has 0 bridgehead atoms. The maximum atomic E-state index is 5.99. The minimum absolute atomic E-state index is 0.221. The molecule has 1 atom stereocenters. The van der Waals surface area contributed by atoms with E-state index in [-0.39, 0.29) is 5.54 Å². The second-order valence-electron chi connectivity index (χ2n) is 5.11. The first-order valence-electron chi connectivity index (χ1n) is 6.94. The first-order chi connectivity index (χ1) is 7.76. The SMILES string of the molecule is CCCNC1(CN)CCCN(CCC)CC1. The van der Waals surface area contributed by atoms with Gasteiger partial charge in [-0.2, -0.15) is 0 Å². The molecular weight excluding hydrogens is 198 g/mol. The van der Waals surface area contributed by atoms with Crippen molar-refractivity contribution in [3.05, 3.63) is 0 Å². The summed E-state index contributed by atoms with van der Waals surface area (Å²) in [6, 6.07) is 0. The quantitative estimate of drug-likeness (QED) is 0.724. The largest absolute Gasteiger partial charge is 0.329 e. The van der Waals surface area contributed by atoms with Crippen molar-refractivity contribution in [1.82, 2.24) is 10.2 Å². The molecular formula is C13H29N3. The van der Waals surface area contributed by atoms with Crippen molar-refractivity contribution in [3.8, 4) is 0 Å². The van der Waals surface area contributed by atoms with E-state index in [1.165, 1.54) is 51.7 Å². The lowest BCUT2D eigenvalue weighted by atomic mass is 9.90. The molecule has 0 aliphatic carbocycles. The highest BCUT2D eigenvalue weighted by Crippen LogP contribution is 2.21. The zero-order valence-electron chi connectivity index (χ0n) is 11.1. The molecule has 16 heavy (non-hydrogen) atoms. The van der Waals surface area contributed by atoms with Gasteiger partial charge in [-0.1, -0.05) is 13.8 Å². The van der Waals surface area contributed by atoms with Crippen LogP contribution in [0.2, 0.25) is 0 Å². The summed E-state index contributed by atoms with van der Waals surface area (Å²) in [7, 11) is 0. The van der Waals surface area contributed by atoms with Crippen LogP contribution in [-0.2, 0) is 0 Å². The Morgan fingerprint density at radius 3 is 2.62 bits per heavy atom. The van der Waals surface area contributed by atoms with E-state index in [9.17, 15) is 0 Å². The lowest BCUT2D eigenvalue weighted by Crippen LogP contribution is -2.52. The molecule has 1 aliphatic heterocycles. The Bertz CT molecular complexity index is 184. The molecule has 0 spiro atoms. The summed E-state index contributed by atoms with van der Waals surface area (Å²) in [5.41, 5.74) is 6.21. The molecule has 1 aliphatic rings. The van der Waals surface area contributed by atoms with Crippen molar-refractivity contribution >= 4 is 0 Å². The van der Waals surface area contributed by atoms with Crippen LogP contribution in [0.1, 0.15) is 46.0 Å². The number of nitrogens with two attached hydrogens (primary N) is 1. The molecule has 1 unspecified atom stereocenters. The summed E-state index contributed by atoms with van der Waals surface area (Å²) in [5, 5.41) is 3.69. The van der Waals surface area contributed by atoms with Crippen molar-refractivity contribution in [1.29, 1.82) is 0 Å². The number of nitrogens with zero attached hydrogens (tertiary/aromatic N) is 1. The van der Waals surface area contributed by atoms with Crippen LogP contribution < -0.4 is 11.1 Å². The highest BCUT2D eigenvalue weighted by molar-refractivity contribution is 4.92. The summed E-state index contributed by atoms with van der Waals surface area (Å²) in [6.07, 6.45) is 6.19. The molecule has 0 aromatic rings. The van der Waals surface area contributed by atoms with Gasteiger partial charge in [-0.05, 0) is 58.3 Å². The molecule has 0 aromatic heterocycles. The van der Waals surface area contributed by atoms with E-state index < -0.39 is 0 Å². The van der Waals surface area contributed by atoms with Gasteiger partial charge in [0.2, 0.25) is 0 Å². The van der Waals surface area contributed by atoms with Crippen LogP contribution in [0.25, 0.3) is 0 Å². The Labute approximate surface area is 101 Å². The molecule has 0 radical (unpaired) electrons. The van der Waals surface area contributed by atoms with Gasteiger partial charge in [0, 0.05) is 12.1 Å². The maximum absolute atomic E-state index is 5.99. The first-order valence-corrected chi connectivity index (χ1v) is 6.94. The molecule has 1 heterocycles. The number of likely N-dealkylation sites (tertiary alicyclic amines) is 1. The molecule has 0 saturated carbocycles. The Morgan fingerprint density at radius 2 is 2.00 bits per heavy atom. The van der Waals surface area contributed by atoms with E-state index in [1.807, 2.05) is 0 Å². The van der Waals surface area contributed by atoms with Gasteiger partial charge in [0.1, 0.15) is 0 Å². The molecule has 96 valence electrons. The minimum atomic E-state index is 0.221. The molecule has 1 saturated heterocycles. The third-order valence-corrected chi connectivity index (χ3v) is 3.72. The fraction of sp³-hybridized carbons (Fsp3) is 1.00. The number of hydrogen-bond acceptors (Lipinski definition) is 3. The predicted molar refractivity (Wildman–Crippen MR) is 70.7 cm³/mol. The predicted octanol–water partition coefficient (Wildman–Crippen LogP) is 1.58. The summed E-state index contributed by atoms with van der Waals surface area (Å²) in [4.78, 5) is 2.59. The average molecular weight is 227 g/mol. The Hall–Kier alpha value is -0.120. The van der Waals surface area contributed by atoms with Crippen LogP contribution in [0.15, 0.2) is 0 Å². The smallest absolute Gasteiger partial charge is 0.0316 e. The van der Waals surface area contributed by atoms with Crippen LogP contribution in [0.4, 0.5) is 0 Å². The highest BCUT2D eigenvalue weighted by atomic mass is 15.1. The second kappa shape index (κ2) is 7.25. The standard InChI is InChI=1S/C13H29N3/c1-3-8-15-13(12-14)6-5-10-16(9-4-2)11-7-13/h15H,3-12,14H2,1-2H3. The van der Waals surface area contributed by atoms with Crippen molar-refractivity contribution in [2.24, 2.45) is 5.73 Å². The van der Waals surface area contributed by atoms with Crippen molar-refractivity contribution in [2.45, 2.75) is 51.5 Å². The van der Waals surface area contributed by atoms with Crippen molar-refractivity contribution in [3.63, 3.8) is 0 Å². The lowest BCUT2D eigenvalue weighted by Gasteiger charge is -2.33. The van der Waals surface area contributed by atoms with Gasteiger partial charge < -0.3 is 16.0 Å². The molecule has 3 heteroatoms. The van der Waals surface area contributed by atoms with Gasteiger partial charge in [-0.25, -0.2) is 0 Å². The Morgan fingerprint density at radius 1 is 1.19 bits per heavy atom. The van der Waals surface area contributed by atoms with E-state index in [0.29, 0.717) is 0 Å². The fourth-order valence-corrected chi connectivity index (χ4v) is 2.63. The summed E-state index contributed by atoms with van der Waals surface area (Å²) in [6.45, 7) is 10.1. The molecule has 1 fully saturated rings. The van der Waals surface area contributed by atoms with Gasteiger partial charge in [0.25, 0.3) is 0 Å². The van der Waals surface area contributed by atoms with E-state index in [1.54, 1.807) is 0 Å². The number of hydrogen-bond donors (Lipinski definition) is 2. The number of rotatable bonds is 6. The maximum Gasteiger partial charge on any atom is 0.0316 e. The Balaban J connectivity index is 2.46. The van der Waals surface area contributed by atoms with Crippen LogP contribution in [0.5, 0.6) is 0 Å². The van der Waals surface area contributed by atoms with Crippen LogP contribution in [-0.4, -0.2) is 43.2 Å².